The van der Waals surface area contributed by atoms with Crippen LogP contribution in [0.25, 0.3) is 0 Å². The minimum atomic E-state index is -0.495. The van der Waals surface area contributed by atoms with Gasteiger partial charge in [0.1, 0.15) is 18.6 Å². The lowest BCUT2D eigenvalue weighted by Gasteiger charge is -2.29. The second kappa shape index (κ2) is 4.46. The predicted molar refractivity (Wildman–Crippen MR) is 84.9 cm³/mol. The van der Waals surface area contributed by atoms with Gasteiger partial charge in [0, 0.05) is 0 Å². The Labute approximate surface area is 126 Å². The number of hydrogen-bond acceptors (Lipinski definition) is 4. The van der Waals surface area contributed by atoms with Crippen LogP contribution in [-0.2, 0) is 9.47 Å². The summed E-state index contributed by atoms with van der Waals surface area (Å²) in [5, 5.41) is 0. The zero-order chi connectivity index (χ0) is 15.3. The van der Waals surface area contributed by atoms with E-state index in [1.165, 1.54) is 5.57 Å². The zero-order valence-corrected chi connectivity index (χ0v) is 13.6. The summed E-state index contributed by atoms with van der Waals surface area (Å²) in [6.07, 6.45) is 7.25. The van der Waals surface area contributed by atoms with Gasteiger partial charge in [-0.2, -0.15) is 0 Å². The van der Waals surface area contributed by atoms with Gasteiger partial charge < -0.3 is 9.47 Å². The van der Waals surface area contributed by atoms with Crippen molar-refractivity contribution in [2.75, 3.05) is 13.2 Å². The third kappa shape index (κ3) is 2.41. The number of nitrogens with zero attached hydrogens (tertiary/aromatic N) is 2. The SMILES string of the molecule is CC1(C)COC(C(C)(C2=CC=CC2)C2=NC(C)(C)CO2)=N1. The van der Waals surface area contributed by atoms with Crippen molar-refractivity contribution in [1.29, 1.82) is 0 Å². The molecule has 0 aromatic heterocycles. The fourth-order valence-electron chi connectivity index (χ4n) is 2.87. The van der Waals surface area contributed by atoms with Crippen molar-refractivity contribution in [1.82, 2.24) is 0 Å². The summed E-state index contributed by atoms with van der Waals surface area (Å²) >= 11 is 0. The summed E-state index contributed by atoms with van der Waals surface area (Å²) in [6.45, 7) is 11.7. The number of hydrogen-bond donors (Lipinski definition) is 0. The number of aliphatic imine (C=N–C) groups is 2. The second-order valence-electron chi connectivity index (χ2n) is 7.49. The van der Waals surface area contributed by atoms with Crippen molar-refractivity contribution >= 4 is 11.8 Å². The molecule has 21 heavy (non-hydrogen) atoms. The van der Waals surface area contributed by atoms with E-state index in [0.717, 1.165) is 18.2 Å². The van der Waals surface area contributed by atoms with E-state index in [2.05, 4.69) is 52.8 Å². The van der Waals surface area contributed by atoms with Crippen molar-refractivity contribution < 1.29 is 9.47 Å². The minimum Gasteiger partial charge on any atom is -0.477 e. The fraction of sp³-hybridized carbons (Fsp3) is 0.647. The Hall–Kier alpha value is -1.58. The Balaban J connectivity index is 2.05. The van der Waals surface area contributed by atoms with Crippen molar-refractivity contribution in [3.8, 4) is 0 Å². The van der Waals surface area contributed by atoms with Gasteiger partial charge in [-0.1, -0.05) is 18.2 Å². The highest BCUT2D eigenvalue weighted by atomic mass is 16.5. The Kier molecular flexibility index (Phi) is 3.05. The second-order valence-corrected chi connectivity index (χ2v) is 7.49. The first-order chi connectivity index (χ1) is 9.73. The van der Waals surface area contributed by atoms with Crippen LogP contribution >= 0.6 is 0 Å². The molecule has 2 aliphatic heterocycles. The summed E-state index contributed by atoms with van der Waals surface area (Å²) in [7, 11) is 0. The first kappa shape index (κ1) is 14.4. The van der Waals surface area contributed by atoms with Crippen LogP contribution in [0.2, 0.25) is 0 Å². The summed E-state index contributed by atoms with van der Waals surface area (Å²) in [5.74, 6) is 1.47. The van der Waals surface area contributed by atoms with Crippen LogP contribution in [0.15, 0.2) is 33.8 Å². The highest BCUT2D eigenvalue weighted by Gasteiger charge is 2.49. The van der Waals surface area contributed by atoms with Gasteiger partial charge in [-0.15, -0.1) is 0 Å². The molecule has 0 bridgehead atoms. The van der Waals surface area contributed by atoms with Crippen molar-refractivity contribution in [3.63, 3.8) is 0 Å². The molecule has 0 saturated carbocycles. The van der Waals surface area contributed by atoms with Gasteiger partial charge >= 0.3 is 0 Å². The molecular formula is C17H24N2O2. The number of allylic oxidation sites excluding steroid dienone is 3. The quantitative estimate of drug-likeness (QED) is 0.799. The van der Waals surface area contributed by atoms with Crippen molar-refractivity contribution in [2.24, 2.45) is 15.4 Å². The molecule has 1 aliphatic carbocycles. The van der Waals surface area contributed by atoms with E-state index in [-0.39, 0.29) is 11.1 Å². The summed E-state index contributed by atoms with van der Waals surface area (Å²) in [4.78, 5) is 9.59. The fourth-order valence-corrected chi connectivity index (χ4v) is 2.87. The normalized spacial score (nSPS) is 26.0. The molecule has 0 fully saturated rings. The van der Waals surface area contributed by atoms with Gasteiger partial charge in [0.05, 0.1) is 11.1 Å². The molecule has 0 saturated heterocycles. The molecule has 3 aliphatic rings. The largest absolute Gasteiger partial charge is 0.477 e. The molecule has 0 amide bonds. The van der Waals surface area contributed by atoms with Gasteiger partial charge in [-0.3, -0.25) is 0 Å². The van der Waals surface area contributed by atoms with Crippen molar-refractivity contribution in [3.05, 3.63) is 23.8 Å². The lowest BCUT2D eigenvalue weighted by molar-refractivity contribution is 0.242. The van der Waals surface area contributed by atoms with E-state index in [1.807, 2.05) is 0 Å². The van der Waals surface area contributed by atoms with Crippen LogP contribution < -0.4 is 0 Å². The van der Waals surface area contributed by atoms with Gasteiger partial charge in [-0.25, -0.2) is 9.98 Å². The molecule has 4 heteroatoms. The Bertz CT molecular complexity index is 546. The molecule has 2 heterocycles. The van der Waals surface area contributed by atoms with E-state index in [1.54, 1.807) is 0 Å². The van der Waals surface area contributed by atoms with E-state index >= 15 is 0 Å². The Morgan fingerprint density at radius 2 is 1.52 bits per heavy atom. The Morgan fingerprint density at radius 3 is 1.86 bits per heavy atom. The molecule has 3 rings (SSSR count). The van der Waals surface area contributed by atoms with Crippen LogP contribution in [0.3, 0.4) is 0 Å². The van der Waals surface area contributed by atoms with Crippen LogP contribution in [0, 0.1) is 5.41 Å². The van der Waals surface area contributed by atoms with E-state index in [4.69, 9.17) is 19.5 Å². The van der Waals surface area contributed by atoms with E-state index < -0.39 is 5.41 Å². The molecular weight excluding hydrogens is 264 g/mol. The topological polar surface area (TPSA) is 43.2 Å². The monoisotopic (exact) mass is 288 g/mol. The zero-order valence-electron chi connectivity index (χ0n) is 13.6. The predicted octanol–water partition coefficient (Wildman–Crippen LogP) is 3.29. The Morgan fingerprint density at radius 1 is 1.00 bits per heavy atom. The molecule has 114 valence electrons. The molecule has 0 aromatic rings. The average molecular weight is 288 g/mol. The standard InChI is InChI=1S/C17H24N2O2/c1-15(2)10-20-13(18-15)17(5,12-8-6-7-9-12)14-19-16(3,4)11-21-14/h6-8H,9-11H2,1-5H3. The number of rotatable bonds is 3. The highest BCUT2D eigenvalue weighted by Crippen LogP contribution is 2.42. The van der Waals surface area contributed by atoms with Gasteiger partial charge in [-0.05, 0) is 46.6 Å². The van der Waals surface area contributed by atoms with Gasteiger partial charge in [0.2, 0.25) is 11.8 Å². The van der Waals surface area contributed by atoms with Crippen LogP contribution in [-0.4, -0.2) is 36.1 Å². The van der Waals surface area contributed by atoms with Crippen LogP contribution in [0.4, 0.5) is 0 Å². The molecule has 0 spiro atoms. The van der Waals surface area contributed by atoms with Gasteiger partial charge in [0.25, 0.3) is 0 Å². The number of ether oxygens (including phenoxy) is 2. The third-order valence-electron chi connectivity index (χ3n) is 4.20. The molecule has 0 unspecified atom stereocenters. The first-order valence-electron chi connectivity index (χ1n) is 7.55. The highest BCUT2D eigenvalue weighted by molar-refractivity contribution is 6.09. The van der Waals surface area contributed by atoms with Crippen LogP contribution in [0.5, 0.6) is 0 Å². The lowest BCUT2D eigenvalue weighted by atomic mass is 9.80. The average Bonchev–Trinajstić information content (AvgIpc) is 3.08. The summed E-state index contributed by atoms with van der Waals surface area (Å²) in [5.41, 5.74) is 0.372. The third-order valence-corrected chi connectivity index (χ3v) is 4.20. The van der Waals surface area contributed by atoms with Crippen LogP contribution in [0.1, 0.15) is 41.0 Å². The molecule has 0 atom stereocenters. The summed E-state index contributed by atoms with van der Waals surface area (Å²) in [6, 6.07) is 0. The first-order valence-corrected chi connectivity index (χ1v) is 7.55. The maximum atomic E-state index is 5.95. The molecule has 4 nitrogen and oxygen atoms in total. The molecule has 0 aromatic carbocycles. The van der Waals surface area contributed by atoms with Gasteiger partial charge in [0.15, 0.2) is 0 Å². The lowest BCUT2D eigenvalue weighted by Crippen LogP contribution is -2.39. The van der Waals surface area contributed by atoms with Crippen molar-refractivity contribution in [2.45, 2.75) is 52.1 Å². The van der Waals surface area contributed by atoms with E-state index in [0.29, 0.717) is 13.2 Å². The molecule has 0 radical (unpaired) electrons. The summed E-state index contributed by atoms with van der Waals surface area (Å²) < 4.78 is 11.9. The maximum absolute atomic E-state index is 5.95. The van der Waals surface area contributed by atoms with E-state index in [9.17, 15) is 0 Å². The maximum Gasteiger partial charge on any atom is 0.203 e. The smallest absolute Gasteiger partial charge is 0.203 e. The molecule has 0 N–H and O–H groups in total. The minimum absolute atomic E-state index is 0.183.